The minimum atomic E-state index is 0.208. The second-order valence-electron chi connectivity index (χ2n) is 5.54. The molecule has 1 aliphatic heterocycles. The topological polar surface area (TPSA) is 38.5 Å². The van der Waals surface area contributed by atoms with Gasteiger partial charge in [-0.05, 0) is 61.4 Å². The van der Waals surface area contributed by atoms with E-state index in [9.17, 15) is 0 Å². The van der Waals surface area contributed by atoms with Gasteiger partial charge in [0.15, 0.2) is 0 Å². The van der Waals surface area contributed by atoms with Crippen molar-refractivity contribution in [3.8, 4) is 5.75 Å². The summed E-state index contributed by atoms with van der Waals surface area (Å²) in [5.41, 5.74) is 10.6. The van der Waals surface area contributed by atoms with Gasteiger partial charge in [-0.1, -0.05) is 6.07 Å². The fraction of sp³-hybridized carbons (Fsp3) is 0.294. The van der Waals surface area contributed by atoms with Gasteiger partial charge in [0.2, 0.25) is 0 Å². The summed E-state index contributed by atoms with van der Waals surface area (Å²) in [5, 5.41) is 0. The lowest BCUT2D eigenvalue weighted by Gasteiger charge is -2.18. The highest BCUT2D eigenvalue weighted by Crippen LogP contribution is 2.30. The van der Waals surface area contributed by atoms with Crippen LogP contribution in [0.15, 0.2) is 42.5 Å². The Balaban J connectivity index is 1.75. The Bertz CT molecular complexity index is 605. The molecule has 104 valence electrons. The predicted molar refractivity (Wildman–Crippen MR) is 82.9 cm³/mol. The smallest absolute Gasteiger partial charge is 0.119 e. The average molecular weight is 268 g/mol. The van der Waals surface area contributed by atoms with Crippen molar-refractivity contribution in [1.29, 1.82) is 0 Å². The third-order valence-electron chi connectivity index (χ3n) is 3.53. The van der Waals surface area contributed by atoms with Crippen LogP contribution in [-0.2, 0) is 13.1 Å². The number of fused-ring (bicyclic) bond motifs is 1. The molecule has 2 aromatic rings. The first-order chi connectivity index (χ1) is 9.61. The summed E-state index contributed by atoms with van der Waals surface area (Å²) >= 11 is 0. The van der Waals surface area contributed by atoms with Crippen molar-refractivity contribution >= 4 is 11.4 Å². The second-order valence-corrected chi connectivity index (χ2v) is 5.54. The van der Waals surface area contributed by atoms with Crippen molar-refractivity contribution in [2.75, 3.05) is 10.6 Å². The molecule has 0 atom stereocenters. The van der Waals surface area contributed by atoms with E-state index in [4.69, 9.17) is 10.5 Å². The molecule has 0 bridgehead atoms. The molecule has 0 spiro atoms. The molecule has 0 unspecified atom stereocenters. The second kappa shape index (κ2) is 5.08. The van der Waals surface area contributed by atoms with Crippen molar-refractivity contribution in [3.63, 3.8) is 0 Å². The molecule has 3 heteroatoms. The summed E-state index contributed by atoms with van der Waals surface area (Å²) in [4.78, 5) is 2.35. The number of hydrogen-bond acceptors (Lipinski definition) is 3. The number of nitrogen functional groups attached to an aromatic ring is 1. The first-order valence-electron chi connectivity index (χ1n) is 7.01. The van der Waals surface area contributed by atoms with Crippen molar-refractivity contribution in [3.05, 3.63) is 53.6 Å². The van der Waals surface area contributed by atoms with Crippen molar-refractivity contribution in [2.45, 2.75) is 33.0 Å². The van der Waals surface area contributed by atoms with E-state index in [1.54, 1.807) is 0 Å². The maximum Gasteiger partial charge on any atom is 0.119 e. The van der Waals surface area contributed by atoms with Gasteiger partial charge in [-0.15, -0.1) is 0 Å². The minimum absolute atomic E-state index is 0.208. The van der Waals surface area contributed by atoms with Crippen LogP contribution in [-0.4, -0.2) is 6.10 Å². The first-order valence-corrected chi connectivity index (χ1v) is 7.01. The van der Waals surface area contributed by atoms with Crippen molar-refractivity contribution in [2.24, 2.45) is 0 Å². The molecule has 0 aromatic heterocycles. The molecule has 3 nitrogen and oxygen atoms in total. The van der Waals surface area contributed by atoms with Crippen molar-refractivity contribution in [1.82, 2.24) is 0 Å². The molecule has 0 fully saturated rings. The molecule has 0 amide bonds. The third kappa shape index (κ3) is 2.57. The lowest BCUT2D eigenvalue weighted by atomic mass is 10.1. The molecule has 3 rings (SSSR count). The van der Waals surface area contributed by atoms with Gasteiger partial charge in [0, 0.05) is 24.5 Å². The van der Waals surface area contributed by atoms with Gasteiger partial charge >= 0.3 is 0 Å². The predicted octanol–water partition coefficient (Wildman–Crippen LogP) is 3.58. The fourth-order valence-electron chi connectivity index (χ4n) is 2.60. The molecule has 1 aliphatic rings. The molecular weight excluding hydrogens is 248 g/mol. The summed E-state index contributed by atoms with van der Waals surface area (Å²) < 4.78 is 5.67. The third-order valence-corrected chi connectivity index (χ3v) is 3.53. The Labute approximate surface area is 120 Å². The van der Waals surface area contributed by atoms with Gasteiger partial charge in [-0.25, -0.2) is 0 Å². The number of nitrogens with zero attached hydrogens (tertiary/aromatic N) is 1. The molecule has 1 heterocycles. The Morgan fingerprint density at radius 3 is 2.40 bits per heavy atom. The maximum atomic E-state index is 5.85. The van der Waals surface area contributed by atoms with E-state index in [1.807, 2.05) is 32.0 Å². The molecular formula is C17H20N2O. The Kier molecular flexibility index (Phi) is 3.26. The summed E-state index contributed by atoms with van der Waals surface area (Å²) in [5.74, 6) is 0.921. The highest BCUT2D eigenvalue weighted by Gasteiger charge is 2.19. The standard InChI is InChI=1S/C17H20N2O/c1-12(2)20-17-7-5-16(6-8-17)19-10-13-3-4-15(18)9-14(13)11-19/h3-9,12H,10-11,18H2,1-2H3. The van der Waals surface area contributed by atoms with E-state index in [1.165, 1.54) is 16.8 Å². The van der Waals surface area contributed by atoms with Crippen LogP contribution in [0, 0.1) is 0 Å². The summed E-state index contributed by atoms with van der Waals surface area (Å²) in [6.07, 6.45) is 0.208. The van der Waals surface area contributed by atoms with Crippen LogP contribution in [0.2, 0.25) is 0 Å². The molecule has 2 aromatic carbocycles. The molecule has 20 heavy (non-hydrogen) atoms. The number of nitrogens with two attached hydrogens (primary N) is 1. The van der Waals surface area contributed by atoms with Crippen LogP contribution >= 0.6 is 0 Å². The molecule has 0 saturated heterocycles. The van der Waals surface area contributed by atoms with Gasteiger partial charge in [0.25, 0.3) is 0 Å². The van der Waals surface area contributed by atoms with Gasteiger partial charge in [0.05, 0.1) is 6.10 Å². The van der Waals surface area contributed by atoms with Gasteiger partial charge in [-0.3, -0.25) is 0 Å². The monoisotopic (exact) mass is 268 g/mol. The van der Waals surface area contributed by atoms with Crippen molar-refractivity contribution < 1.29 is 4.74 Å². The Morgan fingerprint density at radius 1 is 1.00 bits per heavy atom. The number of benzene rings is 2. The zero-order valence-corrected chi connectivity index (χ0v) is 12.0. The van der Waals surface area contributed by atoms with E-state index < -0.39 is 0 Å². The van der Waals surface area contributed by atoms with Crippen LogP contribution < -0.4 is 15.4 Å². The highest BCUT2D eigenvalue weighted by atomic mass is 16.5. The van der Waals surface area contributed by atoms with Crippen LogP contribution in [0.4, 0.5) is 11.4 Å². The molecule has 0 aliphatic carbocycles. The summed E-state index contributed by atoms with van der Waals surface area (Å²) in [6, 6.07) is 14.5. The van der Waals surface area contributed by atoms with Crippen LogP contribution in [0.1, 0.15) is 25.0 Å². The van der Waals surface area contributed by atoms with E-state index in [-0.39, 0.29) is 6.10 Å². The maximum absolute atomic E-state index is 5.85. The average Bonchev–Trinajstić information content (AvgIpc) is 2.81. The van der Waals surface area contributed by atoms with E-state index in [0.717, 1.165) is 24.5 Å². The van der Waals surface area contributed by atoms with E-state index in [2.05, 4.69) is 29.2 Å². The Morgan fingerprint density at radius 2 is 1.70 bits per heavy atom. The van der Waals surface area contributed by atoms with Gasteiger partial charge < -0.3 is 15.4 Å². The molecule has 0 radical (unpaired) electrons. The zero-order valence-electron chi connectivity index (χ0n) is 12.0. The van der Waals surface area contributed by atoms with Crippen LogP contribution in [0.3, 0.4) is 0 Å². The lowest BCUT2D eigenvalue weighted by Crippen LogP contribution is -2.14. The number of ether oxygens (including phenoxy) is 1. The number of rotatable bonds is 3. The highest BCUT2D eigenvalue weighted by molar-refractivity contribution is 5.56. The lowest BCUT2D eigenvalue weighted by molar-refractivity contribution is 0.242. The normalized spacial score (nSPS) is 13.7. The van der Waals surface area contributed by atoms with Crippen LogP contribution in [0.25, 0.3) is 0 Å². The zero-order chi connectivity index (χ0) is 14.1. The molecule has 2 N–H and O–H groups in total. The SMILES string of the molecule is CC(C)Oc1ccc(N2Cc3ccc(N)cc3C2)cc1. The summed E-state index contributed by atoms with van der Waals surface area (Å²) in [7, 11) is 0. The minimum Gasteiger partial charge on any atom is -0.491 e. The number of hydrogen-bond donors (Lipinski definition) is 1. The molecule has 0 saturated carbocycles. The summed E-state index contributed by atoms with van der Waals surface area (Å²) in [6.45, 7) is 5.94. The Hall–Kier alpha value is -2.16. The van der Waals surface area contributed by atoms with E-state index in [0.29, 0.717) is 0 Å². The van der Waals surface area contributed by atoms with Gasteiger partial charge in [0.1, 0.15) is 5.75 Å². The first kappa shape index (κ1) is 12.9. The fourth-order valence-corrected chi connectivity index (χ4v) is 2.60. The largest absolute Gasteiger partial charge is 0.491 e. The van der Waals surface area contributed by atoms with Crippen LogP contribution in [0.5, 0.6) is 5.75 Å². The number of anilines is 2. The quantitative estimate of drug-likeness (QED) is 0.865. The van der Waals surface area contributed by atoms with Gasteiger partial charge in [-0.2, -0.15) is 0 Å². The van der Waals surface area contributed by atoms with E-state index >= 15 is 0 Å².